The van der Waals surface area contributed by atoms with Crippen molar-refractivity contribution in [3.63, 3.8) is 0 Å². The highest BCUT2D eigenvalue weighted by atomic mass is 32.2. The van der Waals surface area contributed by atoms with Crippen LogP contribution in [0.2, 0.25) is 0 Å². The fourth-order valence-electron chi connectivity index (χ4n) is 5.35. The van der Waals surface area contributed by atoms with E-state index in [1.165, 1.54) is 11.3 Å². The van der Waals surface area contributed by atoms with E-state index >= 15 is 0 Å². The van der Waals surface area contributed by atoms with E-state index in [9.17, 15) is 14.4 Å². The zero-order valence-electron chi connectivity index (χ0n) is 23.5. The lowest BCUT2D eigenvalue weighted by molar-refractivity contribution is -0.121. The van der Waals surface area contributed by atoms with Gasteiger partial charge in [-0.1, -0.05) is 24.6 Å². The quantitative estimate of drug-likeness (QED) is 0.238. The molecule has 41 heavy (non-hydrogen) atoms. The number of nitrogens with one attached hydrogen (secondary N) is 1. The molecule has 1 aromatic heterocycles. The van der Waals surface area contributed by atoms with Crippen LogP contribution < -0.4 is 19.7 Å². The van der Waals surface area contributed by atoms with Gasteiger partial charge in [-0.3, -0.25) is 9.59 Å². The molecule has 0 spiro atoms. The third-order valence-corrected chi connectivity index (χ3v) is 9.85. The Kier molecular flexibility index (Phi) is 9.19. The van der Waals surface area contributed by atoms with Crippen LogP contribution in [0.1, 0.15) is 64.2 Å². The number of carbonyl (C=O) groups excluding carboxylic acids is 3. The minimum Gasteiger partial charge on any atom is -0.493 e. The van der Waals surface area contributed by atoms with Crippen molar-refractivity contribution >= 4 is 51.6 Å². The molecule has 1 aliphatic carbocycles. The van der Waals surface area contributed by atoms with Crippen molar-refractivity contribution in [2.75, 3.05) is 37.6 Å². The van der Waals surface area contributed by atoms with Crippen LogP contribution in [0.4, 0.5) is 10.7 Å². The number of methoxy groups -OCH3 is 2. The number of esters is 1. The van der Waals surface area contributed by atoms with Crippen LogP contribution in [-0.4, -0.2) is 45.2 Å². The van der Waals surface area contributed by atoms with Crippen LogP contribution >= 0.6 is 23.1 Å². The molecule has 2 aromatic carbocycles. The third-order valence-electron chi connectivity index (χ3n) is 7.32. The summed E-state index contributed by atoms with van der Waals surface area (Å²) in [5.74, 6) is 0.286. The Morgan fingerprint density at radius 1 is 1.02 bits per heavy atom. The highest BCUT2D eigenvalue weighted by molar-refractivity contribution is 7.99. The van der Waals surface area contributed by atoms with Gasteiger partial charge < -0.3 is 24.4 Å². The van der Waals surface area contributed by atoms with E-state index in [4.69, 9.17) is 14.2 Å². The molecule has 5 rings (SSSR count). The van der Waals surface area contributed by atoms with Crippen LogP contribution in [0.3, 0.4) is 0 Å². The lowest BCUT2D eigenvalue weighted by Crippen LogP contribution is -2.38. The number of para-hydroxylation sites is 1. The topological polar surface area (TPSA) is 94.2 Å². The molecule has 0 saturated carbocycles. The summed E-state index contributed by atoms with van der Waals surface area (Å²) in [5.41, 5.74) is 3.08. The molecule has 2 amide bonds. The molecular weight excluding hydrogens is 560 g/mol. The molecular formula is C31H34N2O6S2. The number of benzene rings is 2. The molecule has 1 unspecified atom stereocenters. The number of ether oxygens (including phenoxy) is 3. The van der Waals surface area contributed by atoms with E-state index in [-0.39, 0.29) is 36.6 Å². The molecule has 10 heteroatoms. The number of rotatable bonds is 8. The van der Waals surface area contributed by atoms with Crippen molar-refractivity contribution in [2.24, 2.45) is 0 Å². The van der Waals surface area contributed by atoms with E-state index in [1.54, 1.807) is 37.8 Å². The molecule has 2 heterocycles. The number of thioether (sulfide) groups is 1. The molecule has 2 aliphatic rings. The van der Waals surface area contributed by atoms with E-state index < -0.39 is 5.97 Å². The molecule has 1 atom stereocenters. The van der Waals surface area contributed by atoms with Crippen molar-refractivity contribution in [2.45, 2.75) is 55.6 Å². The summed E-state index contributed by atoms with van der Waals surface area (Å²) in [5, 5.41) is 3.29. The normalized spacial score (nSPS) is 16.6. The molecule has 3 aromatic rings. The van der Waals surface area contributed by atoms with Crippen LogP contribution in [0.5, 0.6) is 11.5 Å². The Morgan fingerprint density at radius 3 is 2.59 bits per heavy atom. The lowest BCUT2D eigenvalue weighted by atomic mass is 10.1. The summed E-state index contributed by atoms with van der Waals surface area (Å²) in [7, 11) is 3.17. The van der Waals surface area contributed by atoms with Gasteiger partial charge in [0.15, 0.2) is 11.5 Å². The SMILES string of the molecule is CCOC(=O)c1c(NC(=O)CN2C(=O)CC(c3ccc(OC)c(OC)c3)Sc3ccccc32)sc2c1CCCCC2. The van der Waals surface area contributed by atoms with Crippen molar-refractivity contribution in [3.05, 3.63) is 64.0 Å². The Labute approximate surface area is 248 Å². The van der Waals surface area contributed by atoms with Gasteiger partial charge in [-0.25, -0.2) is 4.79 Å². The number of aryl methyl sites for hydroxylation is 1. The first-order chi connectivity index (χ1) is 19.9. The summed E-state index contributed by atoms with van der Waals surface area (Å²) in [6.45, 7) is 1.87. The van der Waals surface area contributed by atoms with Crippen molar-refractivity contribution < 1.29 is 28.6 Å². The average molecular weight is 595 g/mol. The van der Waals surface area contributed by atoms with Crippen LogP contribution in [0, 0.1) is 0 Å². The third kappa shape index (κ3) is 6.23. The predicted molar refractivity (Wildman–Crippen MR) is 162 cm³/mol. The van der Waals surface area contributed by atoms with Crippen molar-refractivity contribution in [1.29, 1.82) is 0 Å². The largest absolute Gasteiger partial charge is 0.493 e. The molecule has 216 valence electrons. The number of hydrogen-bond acceptors (Lipinski definition) is 8. The van der Waals surface area contributed by atoms with Gasteiger partial charge >= 0.3 is 5.97 Å². The van der Waals surface area contributed by atoms with Gasteiger partial charge in [0.1, 0.15) is 11.5 Å². The van der Waals surface area contributed by atoms with Gasteiger partial charge in [0, 0.05) is 21.4 Å². The number of anilines is 2. The Bertz CT molecular complexity index is 1450. The van der Waals surface area contributed by atoms with Crippen LogP contribution in [-0.2, 0) is 27.2 Å². The second-order valence-corrected chi connectivity index (χ2v) is 12.3. The Balaban J connectivity index is 1.40. The van der Waals surface area contributed by atoms with E-state index in [2.05, 4.69) is 5.32 Å². The second kappa shape index (κ2) is 13.0. The molecule has 1 aliphatic heterocycles. The standard InChI is InChI=1S/C31H34N2O6S2/c1-4-39-31(36)29-20-10-6-5-7-12-24(20)41-30(29)32-27(34)18-33-21-11-8-9-13-25(21)40-26(17-28(33)35)19-14-15-22(37-2)23(16-19)38-3/h8-9,11,13-16,26H,4-7,10,12,17-18H2,1-3H3,(H,32,34). The van der Waals surface area contributed by atoms with Gasteiger partial charge in [-0.15, -0.1) is 23.1 Å². The number of amides is 2. The summed E-state index contributed by atoms with van der Waals surface area (Å²) < 4.78 is 16.2. The molecule has 0 radical (unpaired) electrons. The highest BCUT2D eigenvalue weighted by Gasteiger charge is 2.32. The first kappa shape index (κ1) is 29.0. The van der Waals surface area contributed by atoms with Gasteiger partial charge in [0.25, 0.3) is 0 Å². The van der Waals surface area contributed by atoms with Crippen LogP contribution in [0.15, 0.2) is 47.4 Å². The fourth-order valence-corrected chi connectivity index (χ4v) is 7.91. The van der Waals surface area contributed by atoms with Gasteiger partial charge in [0.05, 0.1) is 32.1 Å². The summed E-state index contributed by atoms with van der Waals surface area (Å²) in [6, 6.07) is 13.3. The Hall–Kier alpha value is -3.50. The zero-order valence-corrected chi connectivity index (χ0v) is 25.1. The monoisotopic (exact) mass is 594 g/mol. The number of thiophene rings is 1. The van der Waals surface area contributed by atoms with E-state index in [0.717, 1.165) is 53.0 Å². The predicted octanol–water partition coefficient (Wildman–Crippen LogP) is 6.42. The van der Waals surface area contributed by atoms with Crippen LogP contribution in [0.25, 0.3) is 0 Å². The van der Waals surface area contributed by atoms with Crippen molar-refractivity contribution in [3.8, 4) is 11.5 Å². The molecule has 0 saturated heterocycles. The highest BCUT2D eigenvalue weighted by Crippen LogP contribution is 2.47. The summed E-state index contributed by atoms with van der Waals surface area (Å²) in [4.78, 5) is 43.7. The number of fused-ring (bicyclic) bond motifs is 2. The molecule has 0 fully saturated rings. The van der Waals surface area contributed by atoms with Gasteiger partial charge in [0.2, 0.25) is 11.8 Å². The maximum atomic E-state index is 13.7. The van der Waals surface area contributed by atoms with Crippen molar-refractivity contribution in [1.82, 2.24) is 0 Å². The number of carbonyl (C=O) groups is 3. The second-order valence-electron chi connectivity index (χ2n) is 9.91. The fraction of sp³-hybridized carbons (Fsp3) is 0.387. The smallest absolute Gasteiger partial charge is 0.341 e. The van der Waals surface area contributed by atoms with E-state index in [1.807, 2.05) is 42.5 Å². The molecule has 0 bridgehead atoms. The first-order valence-corrected chi connectivity index (χ1v) is 15.5. The number of hydrogen-bond donors (Lipinski definition) is 1. The summed E-state index contributed by atoms with van der Waals surface area (Å²) in [6.07, 6.45) is 5.05. The summed E-state index contributed by atoms with van der Waals surface area (Å²) >= 11 is 3.04. The lowest BCUT2D eigenvalue weighted by Gasteiger charge is -2.22. The average Bonchev–Trinajstić information content (AvgIpc) is 3.08. The Morgan fingerprint density at radius 2 is 1.80 bits per heavy atom. The minimum atomic E-state index is -0.410. The number of nitrogens with zero attached hydrogens (tertiary/aromatic N) is 1. The van der Waals surface area contributed by atoms with Gasteiger partial charge in [-0.05, 0) is 68.0 Å². The molecule has 8 nitrogen and oxygen atoms in total. The van der Waals surface area contributed by atoms with E-state index in [0.29, 0.717) is 27.8 Å². The minimum absolute atomic E-state index is 0.162. The first-order valence-electron chi connectivity index (χ1n) is 13.8. The maximum absolute atomic E-state index is 13.7. The zero-order chi connectivity index (χ0) is 28.9. The molecule has 1 N–H and O–H groups in total. The maximum Gasteiger partial charge on any atom is 0.341 e. The van der Waals surface area contributed by atoms with Gasteiger partial charge in [-0.2, -0.15) is 0 Å².